The maximum atomic E-state index is 12.1. The van der Waals surface area contributed by atoms with Gasteiger partial charge in [-0.1, -0.05) is 36.4 Å². The van der Waals surface area contributed by atoms with Crippen molar-refractivity contribution in [3.63, 3.8) is 0 Å². The summed E-state index contributed by atoms with van der Waals surface area (Å²) in [5, 5.41) is 13.9. The molecule has 1 amide bonds. The normalized spacial score (nSPS) is 19.5. The number of carbonyl (C=O) groups is 1. The van der Waals surface area contributed by atoms with Crippen LogP contribution in [-0.4, -0.2) is 24.3 Å². The number of nitrogens with zero attached hydrogens (tertiary/aromatic N) is 1. The third-order valence-corrected chi connectivity index (χ3v) is 3.98. The highest BCUT2D eigenvalue weighted by molar-refractivity contribution is 5.87. The van der Waals surface area contributed by atoms with E-state index < -0.39 is 0 Å². The standard InChI is InChI=1S/C18H18N2O3/c1-23-16-9-5-8-13(17(16)21)11-19-20-18(22)15-10-14(15)12-6-3-2-4-7-12/h2-9,11,14-15,21H,10H2,1H3,(H,20,22)/b19-11-/t14-,15+/m1/s1. The number of hydrogen-bond donors (Lipinski definition) is 2. The van der Waals surface area contributed by atoms with Crippen LogP contribution in [0.3, 0.4) is 0 Å². The Morgan fingerprint density at radius 2 is 2.04 bits per heavy atom. The van der Waals surface area contributed by atoms with Crippen molar-refractivity contribution in [3.8, 4) is 11.5 Å². The molecule has 2 aromatic rings. The second kappa shape index (κ2) is 6.52. The number of carbonyl (C=O) groups excluding carboxylic acids is 1. The largest absolute Gasteiger partial charge is 0.504 e. The van der Waals surface area contributed by atoms with Crippen molar-refractivity contribution in [1.29, 1.82) is 0 Å². The predicted octanol–water partition coefficient (Wildman–Crippen LogP) is 2.65. The first-order valence-electron chi connectivity index (χ1n) is 7.44. The van der Waals surface area contributed by atoms with E-state index in [2.05, 4.69) is 10.5 Å². The van der Waals surface area contributed by atoms with E-state index in [4.69, 9.17) is 4.74 Å². The highest BCUT2D eigenvalue weighted by Crippen LogP contribution is 2.47. The average Bonchev–Trinajstić information content (AvgIpc) is 3.38. The number of ether oxygens (including phenoxy) is 1. The van der Waals surface area contributed by atoms with Crippen molar-refractivity contribution in [2.75, 3.05) is 7.11 Å². The van der Waals surface area contributed by atoms with Crippen molar-refractivity contribution in [2.24, 2.45) is 11.0 Å². The zero-order valence-corrected chi connectivity index (χ0v) is 12.8. The van der Waals surface area contributed by atoms with Crippen molar-refractivity contribution in [2.45, 2.75) is 12.3 Å². The van der Waals surface area contributed by atoms with Gasteiger partial charge in [-0.3, -0.25) is 4.79 Å². The number of phenolic OH excluding ortho intramolecular Hbond substituents is 1. The molecule has 3 rings (SSSR count). The first kappa shape index (κ1) is 15.1. The van der Waals surface area contributed by atoms with Crippen LogP contribution in [0.5, 0.6) is 11.5 Å². The Balaban J connectivity index is 1.58. The molecule has 2 aromatic carbocycles. The molecule has 0 radical (unpaired) electrons. The lowest BCUT2D eigenvalue weighted by Gasteiger charge is -2.05. The molecule has 0 aliphatic heterocycles. The Kier molecular flexibility index (Phi) is 4.28. The van der Waals surface area contributed by atoms with Gasteiger partial charge in [0.05, 0.1) is 13.3 Å². The fraction of sp³-hybridized carbons (Fsp3) is 0.222. The molecule has 0 unspecified atom stereocenters. The van der Waals surface area contributed by atoms with Crippen LogP contribution in [0, 0.1) is 5.92 Å². The minimum absolute atomic E-state index is 0.00147. The van der Waals surface area contributed by atoms with Gasteiger partial charge in [0.25, 0.3) is 0 Å². The van der Waals surface area contributed by atoms with E-state index in [1.807, 2.05) is 30.3 Å². The first-order valence-corrected chi connectivity index (χ1v) is 7.44. The Bertz CT molecular complexity index is 728. The van der Waals surface area contributed by atoms with Crippen molar-refractivity contribution in [3.05, 3.63) is 59.7 Å². The maximum absolute atomic E-state index is 12.1. The number of para-hydroxylation sites is 1. The molecule has 5 heteroatoms. The fourth-order valence-electron chi connectivity index (χ4n) is 2.61. The molecular formula is C18H18N2O3. The monoisotopic (exact) mass is 310 g/mol. The molecule has 2 atom stereocenters. The van der Waals surface area contributed by atoms with Crippen LogP contribution in [0.1, 0.15) is 23.5 Å². The smallest absolute Gasteiger partial charge is 0.243 e. The molecule has 5 nitrogen and oxygen atoms in total. The number of aromatic hydroxyl groups is 1. The van der Waals surface area contributed by atoms with E-state index in [1.54, 1.807) is 18.2 Å². The van der Waals surface area contributed by atoms with Crippen molar-refractivity contribution in [1.82, 2.24) is 5.43 Å². The highest BCUT2D eigenvalue weighted by atomic mass is 16.5. The maximum Gasteiger partial charge on any atom is 0.243 e. The van der Waals surface area contributed by atoms with Gasteiger partial charge in [-0.15, -0.1) is 0 Å². The van der Waals surface area contributed by atoms with Gasteiger partial charge in [-0.25, -0.2) is 5.43 Å². The second-order valence-electron chi connectivity index (χ2n) is 5.49. The topological polar surface area (TPSA) is 70.9 Å². The first-order chi connectivity index (χ1) is 11.2. The zero-order chi connectivity index (χ0) is 16.2. The number of amides is 1. The van der Waals surface area contributed by atoms with Gasteiger partial charge in [-0.05, 0) is 30.0 Å². The van der Waals surface area contributed by atoms with E-state index in [0.717, 1.165) is 6.42 Å². The molecule has 23 heavy (non-hydrogen) atoms. The Labute approximate surface area is 134 Å². The summed E-state index contributed by atoms with van der Waals surface area (Å²) < 4.78 is 5.03. The lowest BCUT2D eigenvalue weighted by atomic mass is 10.1. The van der Waals surface area contributed by atoms with Crippen molar-refractivity contribution < 1.29 is 14.6 Å². The minimum Gasteiger partial charge on any atom is -0.504 e. The molecule has 0 bridgehead atoms. The van der Waals surface area contributed by atoms with Crippen LogP contribution in [0.4, 0.5) is 0 Å². The molecular weight excluding hydrogens is 292 g/mol. The van der Waals surface area contributed by atoms with Gasteiger partial charge in [0, 0.05) is 11.5 Å². The third kappa shape index (κ3) is 3.34. The zero-order valence-electron chi connectivity index (χ0n) is 12.8. The Morgan fingerprint density at radius 1 is 1.26 bits per heavy atom. The summed E-state index contributed by atoms with van der Waals surface area (Å²) in [7, 11) is 1.48. The SMILES string of the molecule is COc1cccc(/C=N\NC(=O)[C@H]2C[C@@H]2c2ccccc2)c1O. The molecule has 118 valence electrons. The molecule has 1 aliphatic carbocycles. The lowest BCUT2D eigenvalue weighted by molar-refractivity contribution is -0.122. The summed E-state index contributed by atoms with van der Waals surface area (Å²) in [6.45, 7) is 0. The number of nitrogens with one attached hydrogen (secondary N) is 1. The van der Waals surface area contributed by atoms with Gasteiger partial charge in [-0.2, -0.15) is 5.10 Å². The quantitative estimate of drug-likeness (QED) is 0.659. The van der Waals surface area contributed by atoms with E-state index in [1.165, 1.54) is 18.9 Å². The number of hydrazone groups is 1. The second-order valence-corrected chi connectivity index (χ2v) is 5.49. The number of benzene rings is 2. The highest BCUT2D eigenvalue weighted by Gasteiger charge is 2.43. The fourth-order valence-corrected chi connectivity index (χ4v) is 2.61. The van der Waals surface area contributed by atoms with Gasteiger partial charge in [0.1, 0.15) is 0 Å². The summed E-state index contributed by atoms with van der Waals surface area (Å²) in [4.78, 5) is 12.1. The molecule has 2 N–H and O–H groups in total. The van der Waals surface area contributed by atoms with Crippen LogP contribution < -0.4 is 10.2 Å². The molecule has 1 saturated carbocycles. The average molecular weight is 310 g/mol. The number of phenols is 1. The van der Waals surface area contributed by atoms with E-state index >= 15 is 0 Å². The van der Waals surface area contributed by atoms with E-state index in [9.17, 15) is 9.90 Å². The van der Waals surface area contributed by atoms with Crippen LogP contribution in [0.15, 0.2) is 53.6 Å². The molecule has 1 aliphatic rings. The Morgan fingerprint density at radius 3 is 2.78 bits per heavy atom. The summed E-state index contributed by atoms with van der Waals surface area (Å²) in [6, 6.07) is 15.1. The number of hydrogen-bond acceptors (Lipinski definition) is 4. The summed E-state index contributed by atoms with van der Waals surface area (Å²) in [5.74, 6) is 0.510. The van der Waals surface area contributed by atoms with E-state index in [0.29, 0.717) is 11.3 Å². The van der Waals surface area contributed by atoms with Gasteiger partial charge >= 0.3 is 0 Å². The summed E-state index contributed by atoms with van der Waals surface area (Å²) in [6.07, 6.45) is 2.26. The molecule has 0 aromatic heterocycles. The predicted molar refractivity (Wildman–Crippen MR) is 87.7 cm³/mol. The van der Waals surface area contributed by atoms with Crippen LogP contribution in [-0.2, 0) is 4.79 Å². The molecule has 0 saturated heterocycles. The van der Waals surface area contributed by atoms with Gasteiger partial charge < -0.3 is 9.84 Å². The molecule has 0 heterocycles. The summed E-state index contributed by atoms with van der Waals surface area (Å²) in [5.41, 5.74) is 4.20. The number of rotatable bonds is 5. The summed E-state index contributed by atoms with van der Waals surface area (Å²) >= 11 is 0. The van der Waals surface area contributed by atoms with Crippen LogP contribution in [0.2, 0.25) is 0 Å². The third-order valence-electron chi connectivity index (χ3n) is 3.98. The molecule has 1 fully saturated rings. The number of methoxy groups -OCH3 is 1. The van der Waals surface area contributed by atoms with Crippen LogP contribution >= 0.6 is 0 Å². The van der Waals surface area contributed by atoms with Crippen molar-refractivity contribution >= 4 is 12.1 Å². The van der Waals surface area contributed by atoms with Gasteiger partial charge in [0.15, 0.2) is 11.5 Å². The lowest BCUT2D eigenvalue weighted by Crippen LogP contribution is -2.20. The van der Waals surface area contributed by atoms with Crippen LogP contribution in [0.25, 0.3) is 0 Å². The Hall–Kier alpha value is -2.82. The minimum atomic E-state index is -0.0995. The molecule has 0 spiro atoms. The van der Waals surface area contributed by atoms with E-state index in [-0.39, 0.29) is 23.5 Å². The van der Waals surface area contributed by atoms with Gasteiger partial charge in [0.2, 0.25) is 5.91 Å².